The number of alkyl halides is 4. The first-order valence-corrected chi connectivity index (χ1v) is 11.1. The number of rotatable bonds is 5. The second-order valence-electron chi connectivity index (χ2n) is 4.71. The molecule has 0 saturated carbocycles. The summed E-state index contributed by atoms with van der Waals surface area (Å²) in [5.41, 5.74) is 0. The highest BCUT2D eigenvalue weighted by molar-refractivity contribution is 9.26. The molecular weight excluding hydrogens is 680 g/mol. The van der Waals surface area contributed by atoms with Crippen LogP contribution in [0, 0.1) is 0 Å². The summed E-state index contributed by atoms with van der Waals surface area (Å²) < 4.78 is 13.0. The Balaban J connectivity index is 1.75. The minimum absolute atomic E-state index is 0.0783. The quantitative estimate of drug-likeness (QED) is 0.188. The highest BCUT2D eigenvalue weighted by Gasteiger charge is 2.26. The van der Waals surface area contributed by atoms with Crippen molar-refractivity contribution in [1.82, 2.24) is 0 Å². The molecule has 2 rings (SSSR count). The van der Waals surface area contributed by atoms with E-state index in [0.29, 0.717) is 13.2 Å². The molecular formula is C14H12Br6O2. The first-order chi connectivity index (χ1) is 10.2. The minimum atomic E-state index is -0.296. The van der Waals surface area contributed by atoms with E-state index in [9.17, 15) is 0 Å². The van der Waals surface area contributed by atoms with E-state index in [2.05, 4.69) is 95.6 Å². The minimum Gasteiger partial charge on any atom is -0.366 e. The topological polar surface area (TPSA) is 18.5 Å². The molecule has 0 aromatic carbocycles. The van der Waals surface area contributed by atoms with Crippen LogP contribution >= 0.6 is 95.6 Å². The van der Waals surface area contributed by atoms with Crippen LogP contribution in [0.25, 0.3) is 0 Å². The molecule has 2 unspecified atom stereocenters. The first kappa shape index (κ1) is 20.1. The monoisotopic (exact) mass is 686 g/mol. The Bertz CT molecular complexity index is 487. The molecule has 0 radical (unpaired) electrons. The Kier molecular flexibility index (Phi) is 7.69. The van der Waals surface area contributed by atoms with Gasteiger partial charge >= 0.3 is 0 Å². The average Bonchev–Trinajstić information content (AvgIpc) is 2.37. The van der Waals surface area contributed by atoms with Gasteiger partial charge in [0.05, 0.1) is 13.2 Å². The Morgan fingerprint density at radius 2 is 1.14 bits per heavy atom. The highest BCUT2D eigenvalue weighted by atomic mass is 79.9. The van der Waals surface area contributed by atoms with Crippen LogP contribution in [0.5, 0.6) is 0 Å². The molecule has 2 atom stereocenters. The standard InChI is InChI=1S/C14H12Br6O2/c15-9-7-13(17,18)3-1-11(9)21-5-6-22-12-2-4-14(19,20)8-10(12)16/h1-4,7-8,11-12H,5-6H2. The van der Waals surface area contributed by atoms with Crippen LogP contribution in [-0.2, 0) is 9.47 Å². The molecule has 2 aliphatic rings. The van der Waals surface area contributed by atoms with Crippen molar-refractivity contribution >= 4 is 95.6 Å². The summed E-state index contributed by atoms with van der Waals surface area (Å²) in [7, 11) is 0. The van der Waals surface area contributed by atoms with Gasteiger partial charge in [-0.05, 0) is 12.2 Å². The predicted octanol–water partition coefficient (Wildman–Crippen LogP) is 6.43. The van der Waals surface area contributed by atoms with Crippen LogP contribution in [0.15, 0.2) is 45.4 Å². The molecule has 0 aromatic rings. The number of hydrogen-bond donors (Lipinski definition) is 0. The molecule has 0 heterocycles. The van der Waals surface area contributed by atoms with Gasteiger partial charge in [-0.25, -0.2) is 0 Å². The predicted molar refractivity (Wildman–Crippen MR) is 113 cm³/mol. The zero-order chi connectivity index (χ0) is 16.4. The van der Waals surface area contributed by atoms with Crippen molar-refractivity contribution in [3.63, 3.8) is 0 Å². The van der Waals surface area contributed by atoms with Gasteiger partial charge < -0.3 is 9.47 Å². The van der Waals surface area contributed by atoms with Crippen molar-refractivity contribution in [1.29, 1.82) is 0 Å². The van der Waals surface area contributed by atoms with Crippen LogP contribution in [-0.4, -0.2) is 31.9 Å². The number of allylic oxidation sites excluding steroid dienone is 4. The smallest absolute Gasteiger partial charge is 0.118 e. The van der Waals surface area contributed by atoms with Gasteiger partial charge in [0.15, 0.2) is 0 Å². The van der Waals surface area contributed by atoms with Gasteiger partial charge in [-0.3, -0.25) is 0 Å². The highest BCUT2D eigenvalue weighted by Crippen LogP contribution is 2.38. The molecule has 0 aliphatic heterocycles. The lowest BCUT2D eigenvalue weighted by Gasteiger charge is -2.24. The molecule has 2 aliphatic carbocycles. The van der Waals surface area contributed by atoms with Gasteiger partial charge in [-0.15, -0.1) is 0 Å². The third-order valence-corrected chi connectivity index (χ3v) is 6.20. The van der Waals surface area contributed by atoms with Crippen LogP contribution in [0.3, 0.4) is 0 Å². The molecule has 0 spiro atoms. The summed E-state index contributed by atoms with van der Waals surface area (Å²) >= 11 is 21.2. The van der Waals surface area contributed by atoms with E-state index in [1.54, 1.807) is 0 Å². The summed E-state index contributed by atoms with van der Waals surface area (Å²) in [4.78, 5) is 0. The molecule has 0 fully saturated rings. The Labute approximate surface area is 180 Å². The molecule has 0 amide bonds. The molecule has 22 heavy (non-hydrogen) atoms. The van der Waals surface area contributed by atoms with Crippen LogP contribution in [0.4, 0.5) is 0 Å². The van der Waals surface area contributed by atoms with Crippen molar-refractivity contribution in [3.8, 4) is 0 Å². The fraction of sp³-hybridized carbons (Fsp3) is 0.429. The lowest BCUT2D eigenvalue weighted by molar-refractivity contribution is 0.0274. The maximum atomic E-state index is 5.81. The van der Waals surface area contributed by atoms with Gasteiger partial charge in [-0.1, -0.05) is 120 Å². The van der Waals surface area contributed by atoms with E-state index in [-0.39, 0.29) is 18.7 Å². The maximum Gasteiger partial charge on any atom is 0.118 e. The lowest BCUT2D eigenvalue weighted by Crippen LogP contribution is -2.23. The summed E-state index contributed by atoms with van der Waals surface area (Å²) in [6.07, 6.45) is 11.8. The normalized spacial score (nSPS) is 29.2. The number of ether oxygens (including phenoxy) is 2. The van der Waals surface area contributed by atoms with E-state index >= 15 is 0 Å². The molecule has 8 heteroatoms. The lowest BCUT2D eigenvalue weighted by atomic mass is 10.1. The molecule has 122 valence electrons. The molecule has 2 nitrogen and oxygen atoms in total. The van der Waals surface area contributed by atoms with Crippen molar-refractivity contribution < 1.29 is 9.47 Å². The molecule has 0 N–H and O–H groups in total. The molecule has 0 aromatic heterocycles. The van der Waals surface area contributed by atoms with E-state index in [0.717, 1.165) is 8.96 Å². The van der Waals surface area contributed by atoms with Gasteiger partial charge in [0, 0.05) is 8.96 Å². The fourth-order valence-electron chi connectivity index (χ4n) is 1.86. The Morgan fingerprint density at radius 1 is 0.773 bits per heavy atom. The summed E-state index contributed by atoms with van der Waals surface area (Å²) in [5, 5.41) is 0. The second-order valence-corrected chi connectivity index (χ2v) is 13.9. The molecule has 0 saturated heterocycles. The van der Waals surface area contributed by atoms with Crippen molar-refractivity contribution in [3.05, 3.63) is 45.4 Å². The van der Waals surface area contributed by atoms with Crippen LogP contribution < -0.4 is 0 Å². The Hall–Kier alpha value is 1.76. The third-order valence-electron chi connectivity index (χ3n) is 2.87. The van der Waals surface area contributed by atoms with Gasteiger partial charge in [0.2, 0.25) is 0 Å². The van der Waals surface area contributed by atoms with Gasteiger partial charge in [0.25, 0.3) is 0 Å². The zero-order valence-corrected chi connectivity index (χ0v) is 20.6. The van der Waals surface area contributed by atoms with Crippen molar-refractivity contribution in [2.24, 2.45) is 0 Å². The van der Waals surface area contributed by atoms with Gasteiger partial charge in [-0.2, -0.15) is 0 Å². The summed E-state index contributed by atoms with van der Waals surface area (Å²) in [5.74, 6) is 0. The average molecular weight is 692 g/mol. The Morgan fingerprint density at radius 3 is 1.45 bits per heavy atom. The summed E-state index contributed by atoms with van der Waals surface area (Å²) in [6.45, 7) is 1.02. The summed E-state index contributed by atoms with van der Waals surface area (Å²) in [6, 6.07) is 0. The second kappa shape index (κ2) is 8.43. The third kappa shape index (κ3) is 6.24. The zero-order valence-electron chi connectivity index (χ0n) is 11.1. The van der Waals surface area contributed by atoms with Crippen molar-refractivity contribution in [2.75, 3.05) is 13.2 Å². The van der Waals surface area contributed by atoms with Crippen molar-refractivity contribution in [2.45, 2.75) is 18.7 Å². The number of halogens is 6. The SMILES string of the molecule is BrC1=CC(Br)(Br)C=CC1OCCOC1C=CC(Br)(Br)C=C1Br. The van der Waals surface area contributed by atoms with E-state index in [1.807, 2.05) is 36.5 Å². The molecule has 0 bridgehead atoms. The van der Waals surface area contributed by atoms with E-state index in [1.165, 1.54) is 0 Å². The first-order valence-electron chi connectivity index (χ1n) is 6.33. The van der Waals surface area contributed by atoms with Crippen LogP contribution in [0.1, 0.15) is 0 Å². The number of hydrogen-bond acceptors (Lipinski definition) is 2. The van der Waals surface area contributed by atoms with E-state index < -0.39 is 0 Å². The maximum absolute atomic E-state index is 5.81. The van der Waals surface area contributed by atoms with Gasteiger partial charge in [0.1, 0.15) is 18.7 Å². The fourth-order valence-corrected chi connectivity index (χ4v) is 5.98. The largest absolute Gasteiger partial charge is 0.366 e. The van der Waals surface area contributed by atoms with Crippen LogP contribution in [0.2, 0.25) is 0 Å². The van der Waals surface area contributed by atoms with E-state index in [4.69, 9.17) is 9.47 Å².